The summed E-state index contributed by atoms with van der Waals surface area (Å²) in [7, 11) is -3.17. The predicted molar refractivity (Wildman–Crippen MR) is 97.9 cm³/mol. The second-order valence-electron chi connectivity index (χ2n) is 6.51. The Bertz CT molecular complexity index is 977. The molecule has 1 aliphatic heterocycles. The minimum Gasteiger partial charge on any atom is -0.468 e. The number of nitro benzene ring substituents is 1. The van der Waals surface area contributed by atoms with Crippen molar-refractivity contribution in [1.29, 1.82) is 0 Å². The Hall–Kier alpha value is -2.79. The molecule has 0 spiro atoms. The number of benzene rings is 1. The van der Waals surface area contributed by atoms with Crippen molar-refractivity contribution in [1.82, 2.24) is 4.90 Å². The molecule has 9 nitrogen and oxygen atoms in total. The highest BCUT2D eigenvalue weighted by Crippen LogP contribution is 2.25. The van der Waals surface area contributed by atoms with Gasteiger partial charge in [0.25, 0.3) is 5.69 Å². The van der Waals surface area contributed by atoms with Gasteiger partial charge in [0, 0.05) is 6.04 Å². The van der Waals surface area contributed by atoms with Gasteiger partial charge in [0.1, 0.15) is 17.3 Å². The molecule has 1 saturated heterocycles. The highest BCUT2D eigenvalue weighted by atomic mass is 32.2. The smallest absolute Gasteiger partial charge is 0.295 e. The fourth-order valence-corrected chi connectivity index (χ4v) is 4.88. The number of nitrogens with one attached hydrogen (secondary N) is 1. The number of halogens is 1. The van der Waals surface area contributed by atoms with Gasteiger partial charge >= 0.3 is 0 Å². The number of anilines is 1. The Morgan fingerprint density at radius 2 is 2.18 bits per heavy atom. The second kappa shape index (κ2) is 8.07. The van der Waals surface area contributed by atoms with E-state index in [1.165, 1.54) is 6.26 Å². The average molecular weight is 411 g/mol. The summed E-state index contributed by atoms with van der Waals surface area (Å²) in [6, 6.07) is 5.86. The van der Waals surface area contributed by atoms with Crippen molar-refractivity contribution in [2.45, 2.75) is 19.0 Å². The van der Waals surface area contributed by atoms with E-state index in [-0.39, 0.29) is 36.3 Å². The number of hydrogen-bond acceptors (Lipinski definition) is 7. The number of carbonyl (C=O) groups is 1. The molecule has 3 rings (SSSR count). The summed E-state index contributed by atoms with van der Waals surface area (Å²) >= 11 is 0. The zero-order valence-corrected chi connectivity index (χ0v) is 15.5. The van der Waals surface area contributed by atoms with Gasteiger partial charge in [0.05, 0.1) is 41.8 Å². The lowest BCUT2D eigenvalue weighted by atomic mass is 10.2. The van der Waals surface area contributed by atoms with Gasteiger partial charge in [-0.05, 0) is 30.7 Å². The lowest BCUT2D eigenvalue weighted by molar-refractivity contribution is -0.384. The topological polar surface area (TPSA) is 123 Å². The lowest BCUT2D eigenvalue weighted by Gasteiger charge is -2.26. The standard InChI is InChI=1S/C17H18FN3O6S/c18-12-3-4-15(16(8-12)21(23)24)19-17(22)10-20(9-14-2-1-6-27-14)13-5-7-28(25,26)11-13/h1-4,6,8,13H,5,7,9-11H2,(H,19,22)/t13-/m1/s1. The van der Waals surface area contributed by atoms with Gasteiger partial charge in [-0.2, -0.15) is 0 Å². The molecular formula is C17H18FN3O6S. The fraction of sp³-hybridized carbons (Fsp3) is 0.353. The first-order chi connectivity index (χ1) is 13.2. The molecule has 1 amide bonds. The number of carbonyl (C=O) groups excluding carboxylic acids is 1. The summed E-state index contributed by atoms with van der Waals surface area (Å²) in [5, 5.41) is 13.5. The summed E-state index contributed by atoms with van der Waals surface area (Å²) in [6.07, 6.45) is 1.86. The van der Waals surface area contributed by atoms with Gasteiger partial charge < -0.3 is 9.73 Å². The maximum Gasteiger partial charge on any atom is 0.295 e. The van der Waals surface area contributed by atoms with E-state index in [1.54, 1.807) is 17.0 Å². The molecule has 0 bridgehead atoms. The van der Waals surface area contributed by atoms with Crippen LogP contribution in [0.1, 0.15) is 12.2 Å². The van der Waals surface area contributed by atoms with Crippen LogP contribution in [-0.4, -0.2) is 48.2 Å². The zero-order valence-electron chi connectivity index (χ0n) is 14.7. The number of furan rings is 1. The predicted octanol–water partition coefficient (Wildman–Crippen LogP) is 1.95. The molecule has 1 fully saturated rings. The molecule has 150 valence electrons. The molecule has 0 radical (unpaired) electrons. The van der Waals surface area contributed by atoms with E-state index in [0.717, 1.165) is 18.2 Å². The molecule has 1 aliphatic rings. The van der Waals surface area contributed by atoms with Crippen molar-refractivity contribution in [2.24, 2.45) is 0 Å². The van der Waals surface area contributed by atoms with Crippen molar-refractivity contribution in [3.63, 3.8) is 0 Å². The van der Waals surface area contributed by atoms with Gasteiger partial charge in [-0.3, -0.25) is 19.8 Å². The highest BCUT2D eigenvalue weighted by Gasteiger charge is 2.33. The summed E-state index contributed by atoms with van der Waals surface area (Å²) in [4.78, 5) is 24.4. The van der Waals surface area contributed by atoms with Gasteiger partial charge in [-0.25, -0.2) is 12.8 Å². The summed E-state index contributed by atoms with van der Waals surface area (Å²) in [5.41, 5.74) is -0.692. The quantitative estimate of drug-likeness (QED) is 0.546. The van der Waals surface area contributed by atoms with Crippen molar-refractivity contribution >= 4 is 27.1 Å². The minimum absolute atomic E-state index is 0.0391. The van der Waals surface area contributed by atoms with Crippen LogP contribution < -0.4 is 5.32 Å². The second-order valence-corrected chi connectivity index (χ2v) is 8.74. The molecule has 11 heteroatoms. The Morgan fingerprint density at radius 3 is 2.79 bits per heavy atom. The van der Waals surface area contributed by atoms with E-state index >= 15 is 0 Å². The third kappa shape index (κ3) is 4.93. The first-order valence-electron chi connectivity index (χ1n) is 8.44. The van der Waals surface area contributed by atoms with Crippen molar-refractivity contribution in [2.75, 3.05) is 23.4 Å². The zero-order chi connectivity index (χ0) is 20.3. The maximum absolute atomic E-state index is 13.3. The van der Waals surface area contributed by atoms with Crippen molar-refractivity contribution in [3.05, 3.63) is 58.3 Å². The number of sulfone groups is 1. The molecule has 0 unspecified atom stereocenters. The highest BCUT2D eigenvalue weighted by molar-refractivity contribution is 7.91. The first kappa shape index (κ1) is 20.0. The van der Waals surface area contributed by atoms with E-state index in [1.807, 2.05) is 0 Å². The van der Waals surface area contributed by atoms with Crippen LogP contribution in [0.5, 0.6) is 0 Å². The van der Waals surface area contributed by atoms with Crippen LogP contribution in [0.4, 0.5) is 15.8 Å². The van der Waals surface area contributed by atoms with Gasteiger partial charge in [-0.15, -0.1) is 0 Å². The summed E-state index contributed by atoms with van der Waals surface area (Å²) in [5.74, 6) is -0.842. The molecule has 1 atom stereocenters. The van der Waals surface area contributed by atoms with E-state index in [9.17, 15) is 27.7 Å². The van der Waals surface area contributed by atoms with E-state index in [2.05, 4.69) is 5.32 Å². The molecule has 1 aromatic carbocycles. The molecule has 1 N–H and O–H groups in total. The number of rotatable bonds is 7. The number of amides is 1. The van der Waals surface area contributed by atoms with Crippen LogP contribution in [0.3, 0.4) is 0 Å². The normalized spacial score (nSPS) is 18.3. The van der Waals surface area contributed by atoms with Crippen LogP contribution in [0.25, 0.3) is 0 Å². The number of hydrogen-bond donors (Lipinski definition) is 1. The Labute approximate surface area is 160 Å². The molecule has 1 aromatic heterocycles. The largest absolute Gasteiger partial charge is 0.468 e. The van der Waals surface area contributed by atoms with Gasteiger partial charge in [-0.1, -0.05) is 0 Å². The molecular weight excluding hydrogens is 393 g/mol. The Morgan fingerprint density at radius 1 is 1.39 bits per heavy atom. The Balaban J connectivity index is 1.75. The average Bonchev–Trinajstić information content (AvgIpc) is 3.25. The van der Waals surface area contributed by atoms with Crippen LogP contribution in [0.2, 0.25) is 0 Å². The molecule has 28 heavy (non-hydrogen) atoms. The van der Waals surface area contributed by atoms with E-state index in [0.29, 0.717) is 12.2 Å². The summed E-state index contributed by atoms with van der Waals surface area (Å²) < 4.78 is 42.2. The molecule has 0 aliphatic carbocycles. The number of nitro groups is 1. The first-order valence-corrected chi connectivity index (χ1v) is 10.3. The van der Waals surface area contributed by atoms with Crippen molar-refractivity contribution < 1.29 is 26.9 Å². The van der Waals surface area contributed by atoms with Gasteiger partial charge in [0.15, 0.2) is 9.84 Å². The lowest BCUT2D eigenvalue weighted by Crippen LogP contribution is -2.41. The van der Waals surface area contributed by atoms with E-state index < -0.39 is 32.2 Å². The molecule has 2 aromatic rings. The van der Waals surface area contributed by atoms with Crippen LogP contribution in [0, 0.1) is 15.9 Å². The maximum atomic E-state index is 13.3. The third-order valence-corrected chi connectivity index (χ3v) is 6.19. The minimum atomic E-state index is -3.17. The van der Waals surface area contributed by atoms with Crippen molar-refractivity contribution in [3.8, 4) is 0 Å². The third-order valence-electron chi connectivity index (χ3n) is 4.44. The van der Waals surface area contributed by atoms with Crippen LogP contribution in [-0.2, 0) is 21.2 Å². The summed E-state index contributed by atoms with van der Waals surface area (Å²) in [6.45, 7) is 0.0154. The fourth-order valence-electron chi connectivity index (χ4n) is 3.12. The van der Waals surface area contributed by atoms with E-state index in [4.69, 9.17) is 4.42 Å². The number of nitrogens with zero attached hydrogens (tertiary/aromatic N) is 2. The molecule has 0 saturated carbocycles. The SMILES string of the molecule is O=C(CN(Cc1ccco1)[C@@H]1CCS(=O)(=O)C1)Nc1ccc(F)cc1[N+](=O)[O-]. The van der Waals surface area contributed by atoms with Crippen LogP contribution in [0.15, 0.2) is 41.0 Å². The monoisotopic (exact) mass is 411 g/mol. The van der Waals surface area contributed by atoms with Crippen LogP contribution >= 0.6 is 0 Å². The Kier molecular flexibility index (Phi) is 5.75. The van der Waals surface area contributed by atoms with Gasteiger partial charge in [0.2, 0.25) is 5.91 Å². The molecule has 2 heterocycles.